The summed E-state index contributed by atoms with van der Waals surface area (Å²) in [5.74, 6) is -3.46. The standard InChI is InChI=1S/C34H57N3O9/c1-13-24-34(9)28-20(5)25(35-18(3)16-37(28)32(41)46-34)17(2)15-33(8,42-12)29(21(6)26(38)22(7)30(40)44-24)45-31-27(39)23(36(10)11)14-19(4)43-31/h17-24,27-29,31,39H,13-16H2,1-12H3/t17-,18-,19-,20-,21+,22-,23+,24+,27-,28-,29+,31+,33+,34-/m1/s1. The number of cyclic esters (lactones) is 1. The van der Waals surface area contributed by atoms with Crippen LogP contribution in [0.3, 0.4) is 0 Å². The smallest absolute Gasteiger partial charge is 0.411 e. The number of ketones is 1. The molecule has 0 aromatic carbocycles. The molecule has 3 saturated heterocycles. The SMILES string of the molecule is CC[C@@H]1OC(=O)[C@H](C)C(=O)[C@H](C)[C@H](O[C@@H]2O[C@H](C)C[C@H](N(C)C)[C@H]2O)[C@@](C)(OC)C[C@@H](C)C2=N[C@H](C)CN3C(=O)O[C@@]1(C)[C@H]3[C@@H]2C. The van der Waals surface area contributed by atoms with Crippen molar-refractivity contribution < 1.29 is 43.2 Å². The number of hydrogen-bond donors (Lipinski definition) is 1. The van der Waals surface area contributed by atoms with Gasteiger partial charge in [-0.3, -0.25) is 19.5 Å². The Hall–Kier alpha value is -2.12. The number of carbonyl (C=O) groups is 3. The van der Waals surface area contributed by atoms with E-state index in [1.807, 2.05) is 60.5 Å². The molecule has 262 valence electrons. The van der Waals surface area contributed by atoms with E-state index in [1.54, 1.807) is 18.9 Å². The number of carbonyl (C=O) groups excluding carboxylic acids is 3. The molecule has 12 nitrogen and oxygen atoms in total. The van der Waals surface area contributed by atoms with E-state index in [2.05, 4.69) is 6.92 Å². The molecule has 1 amide bonds. The Kier molecular flexibility index (Phi) is 11.0. The van der Waals surface area contributed by atoms with Crippen LogP contribution in [-0.4, -0.2) is 126 Å². The number of amides is 1. The Morgan fingerprint density at radius 1 is 1.07 bits per heavy atom. The number of aliphatic hydroxyl groups is 1. The molecule has 3 fully saturated rings. The summed E-state index contributed by atoms with van der Waals surface area (Å²) in [6, 6.07) is -0.871. The molecule has 46 heavy (non-hydrogen) atoms. The highest BCUT2D eigenvalue weighted by atomic mass is 16.7. The van der Waals surface area contributed by atoms with Crippen molar-refractivity contribution in [3.8, 4) is 0 Å². The first-order chi connectivity index (χ1) is 21.4. The molecule has 0 aromatic heterocycles. The van der Waals surface area contributed by atoms with Gasteiger partial charge in [0.05, 0.1) is 29.9 Å². The van der Waals surface area contributed by atoms with Crippen molar-refractivity contribution in [1.82, 2.24) is 9.80 Å². The average molecular weight is 652 g/mol. The van der Waals surface area contributed by atoms with E-state index in [0.29, 0.717) is 25.8 Å². The van der Waals surface area contributed by atoms with Crippen LogP contribution in [-0.2, 0) is 33.3 Å². The zero-order valence-corrected chi connectivity index (χ0v) is 29.8. The number of rotatable bonds is 5. The number of methoxy groups -OCH3 is 1. The molecule has 0 aliphatic carbocycles. The van der Waals surface area contributed by atoms with Crippen LogP contribution in [0.5, 0.6) is 0 Å². The van der Waals surface area contributed by atoms with E-state index in [9.17, 15) is 19.5 Å². The monoisotopic (exact) mass is 651 g/mol. The number of fused-ring (bicyclic) bond motifs is 1. The predicted molar refractivity (Wildman–Crippen MR) is 171 cm³/mol. The van der Waals surface area contributed by atoms with E-state index in [-0.39, 0.29) is 35.8 Å². The predicted octanol–water partition coefficient (Wildman–Crippen LogP) is 3.46. The molecule has 0 aromatic rings. The lowest BCUT2D eigenvalue weighted by Gasteiger charge is -2.47. The van der Waals surface area contributed by atoms with Crippen molar-refractivity contribution in [2.45, 2.75) is 142 Å². The molecule has 0 unspecified atom stereocenters. The van der Waals surface area contributed by atoms with Crippen LogP contribution in [0.25, 0.3) is 0 Å². The minimum absolute atomic E-state index is 0.163. The van der Waals surface area contributed by atoms with Gasteiger partial charge < -0.3 is 33.7 Å². The number of Topliss-reactive ketones (excluding diaryl/α,β-unsaturated/α-hetero) is 1. The van der Waals surface area contributed by atoms with Crippen LogP contribution in [0.15, 0.2) is 4.99 Å². The Bertz CT molecular complexity index is 1180. The number of aliphatic imine (C=N–C) groups is 1. The van der Waals surface area contributed by atoms with E-state index >= 15 is 0 Å². The van der Waals surface area contributed by atoms with Gasteiger partial charge in [-0.15, -0.1) is 0 Å². The normalized spacial score (nSPS) is 45.9. The highest BCUT2D eigenvalue weighted by molar-refractivity contribution is 6.00. The number of likely N-dealkylation sites (N-methyl/N-ethyl adjacent to an activating group) is 1. The van der Waals surface area contributed by atoms with Gasteiger partial charge in [-0.2, -0.15) is 0 Å². The number of aliphatic hydroxyl groups excluding tert-OH is 1. The lowest BCUT2D eigenvalue weighted by Crippen LogP contribution is -2.60. The van der Waals surface area contributed by atoms with Gasteiger partial charge in [-0.1, -0.05) is 27.7 Å². The lowest BCUT2D eigenvalue weighted by atomic mass is 9.73. The van der Waals surface area contributed by atoms with Crippen molar-refractivity contribution in [2.24, 2.45) is 28.7 Å². The van der Waals surface area contributed by atoms with Gasteiger partial charge in [0, 0.05) is 37.2 Å². The first kappa shape index (κ1) is 36.7. The van der Waals surface area contributed by atoms with Crippen molar-refractivity contribution in [2.75, 3.05) is 27.7 Å². The van der Waals surface area contributed by atoms with Crippen molar-refractivity contribution in [3.63, 3.8) is 0 Å². The van der Waals surface area contributed by atoms with Crippen molar-refractivity contribution >= 4 is 23.6 Å². The zero-order valence-electron chi connectivity index (χ0n) is 29.8. The van der Waals surface area contributed by atoms with Gasteiger partial charge in [0.15, 0.2) is 17.7 Å². The first-order valence-corrected chi connectivity index (χ1v) is 16.9. The summed E-state index contributed by atoms with van der Waals surface area (Å²) >= 11 is 0. The fourth-order valence-corrected chi connectivity index (χ4v) is 8.50. The van der Waals surface area contributed by atoms with Gasteiger partial charge in [0.2, 0.25) is 0 Å². The van der Waals surface area contributed by atoms with E-state index in [1.165, 1.54) is 6.92 Å². The molecular formula is C34H57N3O9. The second-order valence-corrected chi connectivity index (χ2v) is 14.8. The molecule has 4 aliphatic rings. The molecule has 0 saturated carbocycles. The maximum Gasteiger partial charge on any atom is 0.411 e. The van der Waals surface area contributed by atoms with E-state index < -0.39 is 65.7 Å². The third-order valence-electron chi connectivity index (χ3n) is 11.0. The largest absolute Gasteiger partial charge is 0.458 e. The second-order valence-electron chi connectivity index (χ2n) is 14.8. The number of nitrogens with zero attached hydrogens (tertiary/aromatic N) is 3. The Labute approximate surface area is 274 Å². The summed E-state index contributed by atoms with van der Waals surface area (Å²) in [6.45, 7) is 17.3. The third-order valence-corrected chi connectivity index (χ3v) is 11.0. The number of esters is 1. The molecule has 4 rings (SSSR count). The number of ether oxygens (including phenoxy) is 5. The van der Waals surface area contributed by atoms with Gasteiger partial charge in [0.25, 0.3) is 0 Å². The molecule has 1 N–H and O–H groups in total. The Morgan fingerprint density at radius 2 is 1.72 bits per heavy atom. The summed E-state index contributed by atoms with van der Waals surface area (Å²) < 4.78 is 31.2. The first-order valence-electron chi connectivity index (χ1n) is 16.9. The maximum absolute atomic E-state index is 14.1. The van der Waals surface area contributed by atoms with E-state index in [0.717, 1.165) is 5.71 Å². The van der Waals surface area contributed by atoms with Crippen LogP contribution in [0, 0.1) is 23.7 Å². The van der Waals surface area contributed by atoms with Crippen LogP contribution in [0.2, 0.25) is 0 Å². The molecule has 4 aliphatic heterocycles. The van der Waals surface area contributed by atoms with Gasteiger partial charge in [0.1, 0.15) is 18.1 Å². The molecule has 2 bridgehead atoms. The maximum atomic E-state index is 14.1. The van der Waals surface area contributed by atoms with Gasteiger partial charge in [-0.05, 0) is 73.9 Å². The molecule has 0 radical (unpaired) electrons. The second kappa shape index (κ2) is 13.8. The molecule has 14 atom stereocenters. The summed E-state index contributed by atoms with van der Waals surface area (Å²) in [4.78, 5) is 50.0. The van der Waals surface area contributed by atoms with Crippen LogP contribution < -0.4 is 0 Å². The third kappa shape index (κ3) is 6.61. The molecule has 4 heterocycles. The minimum atomic E-state index is -1.16. The minimum Gasteiger partial charge on any atom is -0.458 e. The fraction of sp³-hybridized carbons (Fsp3) is 0.882. The van der Waals surface area contributed by atoms with Crippen LogP contribution in [0.1, 0.15) is 81.6 Å². The Morgan fingerprint density at radius 3 is 2.30 bits per heavy atom. The fourth-order valence-electron chi connectivity index (χ4n) is 8.50. The number of hydrogen-bond acceptors (Lipinski definition) is 11. The van der Waals surface area contributed by atoms with Crippen molar-refractivity contribution in [3.05, 3.63) is 0 Å². The van der Waals surface area contributed by atoms with Gasteiger partial charge in [-0.25, -0.2) is 4.79 Å². The summed E-state index contributed by atoms with van der Waals surface area (Å²) in [7, 11) is 5.39. The molecule has 0 spiro atoms. The average Bonchev–Trinajstić information content (AvgIpc) is 3.15. The van der Waals surface area contributed by atoms with Gasteiger partial charge >= 0.3 is 12.1 Å². The quantitative estimate of drug-likeness (QED) is 0.348. The summed E-state index contributed by atoms with van der Waals surface area (Å²) in [6.07, 6.45) is -2.95. The highest BCUT2D eigenvalue weighted by Crippen LogP contribution is 2.44. The molecular weight excluding hydrogens is 594 g/mol. The topological polar surface area (TPSA) is 136 Å². The van der Waals surface area contributed by atoms with Crippen molar-refractivity contribution in [1.29, 1.82) is 0 Å². The van der Waals surface area contributed by atoms with Crippen LogP contribution >= 0.6 is 0 Å². The highest BCUT2D eigenvalue weighted by Gasteiger charge is 2.60. The zero-order chi connectivity index (χ0) is 34.5. The van der Waals surface area contributed by atoms with E-state index in [4.69, 9.17) is 28.7 Å². The van der Waals surface area contributed by atoms with Crippen LogP contribution in [0.4, 0.5) is 4.79 Å². The Balaban J connectivity index is 1.83. The summed E-state index contributed by atoms with van der Waals surface area (Å²) in [5, 5.41) is 11.4. The molecule has 12 heteroatoms. The summed E-state index contributed by atoms with van der Waals surface area (Å²) in [5.41, 5.74) is -1.34. The lowest BCUT2D eigenvalue weighted by molar-refractivity contribution is -0.295.